The third-order valence-corrected chi connectivity index (χ3v) is 3.67. The molecule has 1 heterocycles. The molecule has 1 aliphatic rings. The summed E-state index contributed by atoms with van der Waals surface area (Å²) in [5.41, 5.74) is 0. The van der Waals surface area contributed by atoms with Crippen molar-refractivity contribution >= 4 is 34.5 Å². The zero-order chi connectivity index (χ0) is 9.19. The Morgan fingerprint density at radius 1 is 1.58 bits per heavy atom. The molecule has 0 bridgehead atoms. The van der Waals surface area contributed by atoms with E-state index in [0.717, 1.165) is 10.8 Å². The summed E-state index contributed by atoms with van der Waals surface area (Å²) in [6.07, 6.45) is 0. The Labute approximate surface area is 81.6 Å². The van der Waals surface area contributed by atoms with Gasteiger partial charge in [0.1, 0.15) is 0 Å². The smallest absolute Gasteiger partial charge is 0.256 e. The number of carbonyl (C=O) groups is 1. The van der Waals surface area contributed by atoms with Crippen LogP contribution in [-0.4, -0.2) is 27.2 Å². The molecule has 0 fully saturated rings. The van der Waals surface area contributed by atoms with Crippen LogP contribution >= 0.6 is 23.5 Å². The van der Waals surface area contributed by atoms with E-state index in [1.807, 2.05) is 11.8 Å². The Morgan fingerprint density at radius 3 is 2.67 bits per heavy atom. The molecule has 0 aromatic rings. The van der Waals surface area contributed by atoms with E-state index in [-0.39, 0.29) is 10.7 Å². The van der Waals surface area contributed by atoms with Gasteiger partial charge in [0, 0.05) is 10.5 Å². The number of aliphatic imine (C=N–C) groups is 1. The molecule has 4 heteroatoms. The summed E-state index contributed by atoms with van der Waals surface area (Å²) in [7, 11) is 0. The molecule has 0 aliphatic carbocycles. The molecule has 0 saturated heterocycles. The first kappa shape index (κ1) is 10.1. The zero-order valence-electron chi connectivity index (χ0n) is 7.59. The summed E-state index contributed by atoms with van der Waals surface area (Å²) in [6, 6.07) is 0. The highest BCUT2D eigenvalue weighted by Crippen LogP contribution is 2.26. The Bertz CT molecular complexity index is 218. The lowest BCUT2D eigenvalue weighted by Gasteiger charge is -2.16. The van der Waals surface area contributed by atoms with E-state index in [4.69, 9.17) is 0 Å². The average Bonchev–Trinajstić information content (AvgIpc) is 2.30. The largest absolute Gasteiger partial charge is 0.272 e. The van der Waals surface area contributed by atoms with Gasteiger partial charge in [-0.1, -0.05) is 32.5 Å². The van der Waals surface area contributed by atoms with Crippen molar-refractivity contribution < 1.29 is 4.79 Å². The normalized spacial score (nSPS) is 18.2. The highest BCUT2D eigenvalue weighted by Gasteiger charge is 2.17. The average molecular weight is 203 g/mol. The predicted molar refractivity (Wildman–Crippen MR) is 57.1 cm³/mol. The molecule has 0 unspecified atom stereocenters. The molecule has 0 saturated carbocycles. The third-order valence-electron chi connectivity index (χ3n) is 1.24. The zero-order valence-corrected chi connectivity index (χ0v) is 9.22. The SMILES string of the molecule is CC(C)(C)SCC1=NC(=O)CS1. The van der Waals surface area contributed by atoms with Crippen molar-refractivity contribution in [1.82, 2.24) is 0 Å². The molecule has 1 amide bonds. The van der Waals surface area contributed by atoms with E-state index in [0.29, 0.717) is 5.75 Å². The highest BCUT2D eigenvalue weighted by atomic mass is 32.2. The first-order valence-electron chi connectivity index (χ1n) is 3.84. The number of hydrogen-bond acceptors (Lipinski definition) is 3. The van der Waals surface area contributed by atoms with Gasteiger partial charge in [-0.2, -0.15) is 0 Å². The molecular weight excluding hydrogens is 190 g/mol. The van der Waals surface area contributed by atoms with E-state index in [1.54, 1.807) is 11.8 Å². The Balaban J connectivity index is 2.34. The van der Waals surface area contributed by atoms with E-state index in [1.165, 1.54) is 0 Å². The van der Waals surface area contributed by atoms with Gasteiger partial charge >= 0.3 is 0 Å². The van der Waals surface area contributed by atoms with Crippen LogP contribution in [0.25, 0.3) is 0 Å². The number of carbonyl (C=O) groups excluding carboxylic acids is 1. The van der Waals surface area contributed by atoms with Crippen molar-refractivity contribution in [3.8, 4) is 0 Å². The van der Waals surface area contributed by atoms with Gasteiger partial charge in [0.25, 0.3) is 5.91 Å². The van der Waals surface area contributed by atoms with Gasteiger partial charge in [-0.05, 0) is 0 Å². The fraction of sp³-hybridized carbons (Fsp3) is 0.750. The van der Waals surface area contributed by atoms with E-state index in [9.17, 15) is 4.79 Å². The molecular formula is C8H13NOS2. The van der Waals surface area contributed by atoms with Crippen molar-refractivity contribution in [3.63, 3.8) is 0 Å². The Kier molecular flexibility index (Phi) is 3.23. The standard InChI is InChI=1S/C8H13NOS2/c1-8(2,3)12-5-7-9-6(10)4-11-7/h4-5H2,1-3H3. The topological polar surface area (TPSA) is 29.4 Å². The number of hydrogen-bond donors (Lipinski definition) is 0. The maximum atomic E-state index is 10.8. The summed E-state index contributed by atoms with van der Waals surface area (Å²) >= 11 is 3.40. The molecule has 68 valence electrons. The molecule has 0 atom stereocenters. The van der Waals surface area contributed by atoms with Crippen molar-refractivity contribution in [2.24, 2.45) is 4.99 Å². The predicted octanol–water partition coefficient (Wildman–Crippen LogP) is 2.19. The lowest BCUT2D eigenvalue weighted by atomic mass is 10.3. The van der Waals surface area contributed by atoms with E-state index < -0.39 is 0 Å². The second kappa shape index (κ2) is 3.83. The van der Waals surface area contributed by atoms with Crippen LogP contribution in [0.2, 0.25) is 0 Å². The molecule has 0 aromatic carbocycles. The van der Waals surface area contributed by atoms with Crippen LogP contribution in [0.5, 0.6) is 0 Å². The second-order valence-corrected chi connectivity index (χ2v) is 6.44. The fourth-order valence-corrected chi connectivity index (χ4v) is 2.35. The lowest BCUT2D eigenvalue weighted by molar-refractivity contribution is -0.115. The summed E-state index contributed by atoms with van der Waals surface area (Å²) in [5.74, 6) is 1.43. The summed E-state index contributed by atoms with van der Waals surface area (Å²) in [6.45, 7) is 6.50. The molecule has 1 rings (SSSR count). The van der Waals surface area contributed by atoms with Crippen LogP contribution in [0, 0.1) is 0 Å². The van der Waals surface area contributed by atoms with Crippen LogP contribution in [0.3, 0.4) is 0 Å². The first-order chi connectivity index (χ1) is 5.47. The second-order valence-electron chi connectivity index (χ2n) is 3.59. The first-order valence-corrected chi connectivity index (χ1v) is 5.82. The minimum atomic E-state index is 0.0181. The van der Waals surface area contributed by atoms with Gasteiger partial charge in [-0.3, -0.25) is 4.79 Å². The van der Waals surface area contributed by atoms with Gasteiger partial charge in [-0.25, -0.2) is 4.99 Å². The van der Waals surface area contributed by atoms with Crippen LogP contribution in [0.15, 0.2) is 4.99 Å². The minimum absolute atomic E-state index is 0.0181. The van der Waals surface area contributed by atoms with Gasteiger partial charge in [0.15, 0.2) is 0 Å². The van der Waals surface area contributed by atoms with Crippen molar-refractivity contribution in [2.45, 2.75) is 25.5 Å². The maximum absolute atomic E-state index is 10.8. The van der Waals surface area contributed by atoms with Crippen molar-refractivity contribution in [3.05, 3.63) is 0 Å². The highest BCUT2D eigenvalue weighted by molar-refractivity contribution is 8.17. The quantitative estimate of drug-likeness (QED) is 0.689. The molecule has 0 spiro atoms. The fourth-order valence-electron chi connectivity index (χ4n) is 0.701. The van der Waals surface area contributed by atoms with Crippen molar-refractivity contribution in [1.29, 1.82) is 0 Å². The molecule has 0 radical (unpaired) electrons. The van der Waals surface area contributed by atoms with Gasteiger partial charge < -0.3 is 0 Å². The number of amides is 1. The number of nitrogens with zero attached hydrogens (tertiary/aromatic N) is 1. The minimum Gasteiger partial charge on any atom is -0.272 e. The van der Waals surface area contributed by atoms with Crippen LogP contribution < -0.4 is 0 Å². The maximum Gasteiger partial charge on any atom is 0.256 e. The molecule has 1 aliphatic heterocycles. The van der Waals surface area contributed by atoms with Crippen LogP contribution in [0.1, 0.15) is 20.8 Å². The number of rotatable bonds is 2. The Morgan fingerprint density at radius 2 is 2.25 bits per heavy atom. The van der Waals surface area contributed by atoms with E-state index >= 15 is 0 Å². The van der Waals surface area contributed by atoms with Crippen molar-refractivity contribution in [2.75, 3.05) is 11.5 Å². The summed E-state index contributed by atoms with van der Waals surface area (Å²) in [4.78, 5) is 14.7. The third kappa shape index (κ3) is 3.63. The molecule has 0 aromatic heterocycles. The van der Waals surface area contributed by atoms with Gasteiger partial charge in [0.05, 0.1) is 10.8 Å². The van der Waals surface area contributed by atoms with Gasteiger partial charge in [-0.15, -0.1) is 11.8 Å². The monoisotopic (exact) mass is 203 g/mol. The van der Waals surface area contributed by atoms with Crippen LogP contribution in [0.4, 0.5) is 0 Å². The van der Waals surface area contributed by atoms with E-state index in [2.05, 4.69) is 25.8 Å². The summed E-state index contributed by atoms with van der Waals surface area (Å²) in [5, 5.41) is 0.986. The number of thioether (sulfide) groups is 2. The Hall–Kier alpha value is 0.0400. The summed E-state index contributed by atoms with van der Waals surface area (Å²) < 4.78 is 0.259. The van der Waals surface area contributed by atoms with Gasteiger partial charge in [0.2, 0.25) is 0 Å². The van der Waals surface area contributed by atoms with Crippen LogP contribution in [-0.2, 0) is 4.79 Å². The lowest BCUT2D eigenvalue weighted by Crippen LogP contribution is -2.10. The molecule has 0 N–H and O–H groups in total. The molecule has 12 heavy (non-hydrogen) atoms. The molecule has 2 nitrogen and oxygen atoms in total.